The van der Waals surface area contributed by atoms with Crippen LogP contribution in [0.3, 0.4) is 0 Å². The molecule has 0 spiro atoms. The summed E-state index contributed by atoms with van der Waals surface area (Å²) in [4.78, 5) is 6.59. The van der Waals surface area contributed by atoms with E-state index >= 15 is 0 Å². The molecule has 0 radical (unpaired) electrons. The number of hydrogen-bond donors (Lipinski definition) is 2. The fraction of sp³-hybridized carbons (Fsp3) is 0.278. The van der Waals surface area contributed by atoms with E-state index in [-0.39, 0.29) is 5.84 Å². The van der Waals surface area contributed by atoms with Crippen molar-refractivity contribution in [3.05, 3.63) is 59.7 Å². The average molecular weight is 309 g/mol. The summed E-state index contributed by atoms with van der Waals surface area (Å²) in [6.07, 6.45) is 0. The third kappa shape index (κ3) is 2.20. The number of amidine groups is 1. The van der Waals surface area contributed by atoms with Crippen molar-refractivity contribution in [2.24, 2.45) is 10.7 Å². The van der Waals surface area contributed by atoms with E-state index in [1.54, 1.807) is 0 Å². The van der Waals surface area contributed by atoms with Gasteiger partial charge in [0.2, 0.25) is 0 Å². The fourth-order valence-electron chi connectivity index (χ4n) is 3.26. The monoisotopic (exact) mass is 309 g/mol. The molecule has 1 fully saturated rings. The molecule has 1 saturated heterocycles. The van der Waals surface area contributed by atoms with Crippen molar-refractivity contribution in [1.82, 2.24) is 0 Å². The first-order valence-corrected chi connectivity index (χ1v) is 7.79. The van der Waals surface area contributed by atoms with E-state index in [1.165, 1.54) is 0 Å². The van der Waals surface area contributed by atoms with Gasteiger partial charge in [0.15, 0.2) is 5.60 Å². The van der Waals surface area contributed by atoms with Crippen molar-refractivity contribution >= 4 is 17.2 Å². The van der Waals surface area contributed by atoms with Crippen molar-refractivity contribution in [3.63, 3.8) is 0 Å². The minimum atomic E-state index is -1.35. The number of morpholine rings is 1. The Bertz CT molecular complexity index is 751. The standard InChI is InChI=1S/C18H19N3O2/c19-17-18(22,15-3-1-2-4-16(15)20-17)13-5-7-14(8-6-13)21-9-11-23-12-10-21/h1-8,22H,9-12H2,(H2,19,20). The molecule has 3 N–H and O–H groups in total. The topological polar surface area (TPSA) is 71.1 Å². The molecular formula is C18H19N3O2. The molecular weight excluding hydrogens is 290 g/mol. The van der Waals surface area contributed by atoms with Crippen LogP contribution in [0, 0.1) is 0 Å². The normalized spacial score (nSPS) is 23.5. The number of nitrogens with two attached hydrogens (primary N) is 1. The molecule has 1 unspecified atom stereocenters. The molecule has 2 aromatic carbocycles. The number of para-hydroxylation sites is 1. The van der Waals surface area contributed by atoms with E-state index in [1.807, 2.05) is 48.5 Å². The van der Waals surface area contributed by atoms with E-state index in [0.29, 0.717) is 0 Å². The maximum absolute atomic E-state index is 11.2. The van der Waals surface area contributed by atoms with Crippen molar-refractivity contribution < 1.29 is 9.84 Å². The van der Waals surface area contributed by atoms with Gasteiger partial charge >= 0.3 is 0 Å². The molecule has 0 aliphatic carbocycles. The zero-order valence-corrected chi connectivity index (χ0v) is 12.8. The zero-order chi connectivity index (χ0) is 15.9. The highest BCUT2D eigenvalue weighted by atomic mass is 16.5. The summed E-state index contributed by atoms with van der Waals surface area (Å²) in [6, 6.07) is 15.4. The summed E-state index contributed by atoms with van der Waals surface area (Å²) in [5, 5.41) is 11.2. The Kier molecular flexibility index (Phi) is 3.32. The Hall–Kier alpha value is -2.37. The van der Waals surface area contributed by atoms with Crippen LogP contribution in [0.15, 0.2) is 53.5 Å². The lowest BCUT2D eigenvalue weighted by atomic mass is 9.86. The Morgan fingerprint density at radius 1 is 1.04 bits per heavy atom. The van der Waals surface area contributed by atoms with E-state index in [9.17, 15) is 5.11 Å². The lowest BCUT2D eigenvalue weighted by Crippen LogP contribution is -2.39. The Morgan fingerprint density at radius 2 is 1.74 bits per heavy atom. The molecule has 0 aromatic heterocycles. The summed E-state index contributed by atoms with van der Waals surface area (Å²) in [5.41, 5.74) is 8.03. The third-order valence-corrected chi connectivity index (χ3v) is 4.57. The number of aliphatic hydroxyl groups is 1. The van der Waals surface area contributed by atoms with Crippen LogP contribution in [0.5, 0.6) is 0 Å². The van der Waals surface area contributed by atoms with Gasteiger partial charge in [0.25, 0.3) is 0 Å². The molecule has 23 heavy (non-hydrogen) atoms. The minimum absolute atomic E-state index is 0.220. The number of ether oxygens (including phenoxy) is 1. The van der Waals surface area contributed by atoms with Gasteiger partial charge in [-0.3, -0.25) is 0 Å². The highest BCUT2D eigenvalue weighted by Crippen LogP contribution is 2.41. The maximum Gasteiger partial charge on any atom is 0.174 e. The summed E-state index contributed by atoms with van der Waals surface area (Å²) in [6.45, 7) is 3.27. The average Bonchev–Trinajstić information content (AvgIpc) is 2.88. The van der Waals surface area contributed by atoms with E-state index < -0.39 is 5.60 Å². The van der Waals surface area contributed by atoms with Crippen LogP contribution in [0.25, 0.3) is 0 Å². The Morgan fingerprint density at radius 3 is 2.48 bits per heavy atom. The first-order valence-electron chi connectivity index (χ1n) is 7.79. The first kappa shape index (κ1) is 14.2. The molecule has 0 saturated carbocycles. The first-order chi connectivity index (χ1) is 11.2. The SMILES string of the molecule is NC1=Nc2ccccc2C1(O)c1ccc(N2CCOCC2)cc1. The van der Waals surface area contributed by atoms with Crippen molar-refractivity contribution in [3.8, 4) is 0 Å². The van der Waals surface area contributed by atoms with Gasteiger partial charge in [-0.15, -0.1) is 0 Å². The Labute approximate surface area is 135 Å². The Balaban J connectivity index is 1.69. The van der Waals surface area contributed by atoms with Gasteiger partial charge in [0.1, 0.15) is 5.84 Å². The molecule has 4 rings (SSSR count). The maximum atomic E-state index is 11.2. The second-order valence-electron chi connectivity index (χ2n) is 5.87. The second kappa shape index (κ2) is 5.37. The molecule has 5 nitrogen and oxygen atoms in total. The van der Waals surface area contributed by atoms with Gasteiger partial charge in [-0.05, 0) is 23.8 Å². The van der Waals surface area contributed by atoms with Crippen molar-refractivity contribution in [2.75, 3.05) is 31.2 Å². The molecule has 2 aromatic rings. The fourth-order valence-corrected chi connectivity index (χ4v) is 3.26. The molecule has 118 valence electrons. The van der Waals surface area contributed by atoms with Crippen molar-refractivity contribution in [2.45, 2.75) is 5.60 Å². The lowest BCUT2D eigenvalue weighted by molar-refractivity contribution is 0.122. The second-order valence-corrected chi connectivity index (χ2v) is 5.87. The molecule has 2 aliphatic rings. The summed E-state index contributed by atoms with van der Waals surface area (Å²) < 4.78 is 5.38. The number of hydrogen-bond acceptors (Lipinski definition) is 5. The summed E-state index contributed by atoms with van der Waals surface area (Å²) in [7, 11) is 0. The lowest BCUT2D eigenvalue weighted by Gasteiger charge is -2.30. The van der Waals surface area contributed by atoms with Crippen LogP contribution in [-0.4, -0.2) is 37.2 Å². The summed E-state index contributed by atoms with van der Waals surface area (Å²) in [5.74, 6) is 0.220. The third-order valence-electron chi connectivity index (χ3n) is 4.57. The largest absolute Gasteiger partial charge is 0.384 e. The van der Waals surface area contributed by atoms with Gasteiger partial charge < -0.3 is 20.5 Å². The summed E-state index contributed by atoms with van der Waals surface area (Å²) >= 11 is 0. The number of nitrogens with zero attached hydrogens (tertiary/aromatic N) is 2. The minimum Gasteiger partial charge on any atom is -0.384 e. The van der Waals surface area contributed by atoms with Crippen LogP contribution in [0.2, 0.25) is 0 Å². The van der Waals surface area contributed by atoms with Crippen LogP contribution in [0.4, 0.5) is 11.4 Å². The number of aliphatic imine (C=N–C) groups is 1. The quantitative estimate of drug-likeness (QED) is 0.887. The van der Waals surface area contributed by atoms with Crippen LogP contribution < -0.4 is 10.6 Å². The predicted octanol–water partition coefficient (Wildman–Crippen LogP) is 1.76. The van der Waals surface area contributed by atoms with E-state index in [4.69, 9.17) is 10.5 Å². The highest BCUT2D eigenvalue weighted by molar-refractivity contribution is 6.00. The molecule has 2 aliphatic heterocycles. The molecule has 5 heteroatoms. The van der Waals surface area contributed by atoms with Crippen molar-refractivity contribution in [1.29, 1.82) is 0 Å². The molecule has 1 atom stereocenters. The van der Waals surface area contributed by atoms with Crippen LogP contribution in [0.1, 0.15) is 11.1 Å². The highest BCUT2D eigenvalue weighted by Gasteiger charge is 2.42. The number of anilines is 1. The van der Waals surface area contributed by atoms with Crippen LogP contribution in [-0.2, 0) is 10.3 Å². The molecule has 0 amide bonds. The predicted molar refractivity (Wildman–Crippen MR) is 90.2 cm³/mol. The number of benzene rings is 2. The number of fused-ring (bicyclic) bond motifs is 1. The van der Waals surface area contributed by atoms with Gasteiger partial charge in [-0.25, -0.2) is 4.99 Å². The van der Waals surface area contributed by atoms with Gasteiger partial charge in [-0.1, -0.05) is 30.3 Å². The van der Waals surface area contributed by atoms with E-state index in [0.717, 1.165) is 48.8 Å². The van der Waals surface area contributed by atoms with Gasteiger partial charge in [0, 0.05) is 24.3 Å². The number of rotatable bonds is 2. The van der Waals surface area contributed by atoms with Gasteiger partial charge in [-0.2, -0.15) is 0 Å². The van der Waals surface area contributed by atoms with E-state index in [2.05, 4.69) is 9.89 Å². The molecule has 0 bridgehead atoms. The smallest absolute Gasteiger partial charge is 0.174 e. The zero-order valence-electron chi connectivity index (χ0n) is 12.8. The van der Waals surface area contributed by atoms with Crippen LogP contribution >= 0.6 is 0 Å². The molecule has 2 heterocycles. The van der Waals surface area contributed by atoms with Gasteiger partial charge in [0.05, 0.1) is 18.9 Å².